The summed E-state index contributed by atoms with van der Waals surface area (Å²) in [5.41, 5.74) is 0.219. The smallest absolute Gasteiger partial charge is 0.161 e. The molecule has 0 radical (unpaired) electrons. The van der Waals surface area contributed by atoms with Gasteiger partial charge in [-0.25, -0.2) is 9.97 Å². The SMILES string of the molecule is N#Cc1nc(NC[C@@H]2CCO[C@@H]2c2ncn[nH]2)ccc1Cl. The second-order valence-corrected chi connectivity index (χ2v) is 5.14. The van der Waals surface area contributed by atoms with Crippen LogP contribution in [0.3, 0.4) is 0 Å². The zero-order chi connectivity index (χ0) is 14.7. The molecule has 8 heteroatoms. The van der Waals surface area contributed by atoms with E-state index in [0.29, 0.717) is 24.0 Å². The molecular formula is C13H13ClN6O. The summed E-state index contributed by atoms with van der Waals surface area (Å²) in [6, 6.07) is 5.38. The molecule has 0 bridgehead atoms. The van der Waals surface area contributed by atoms with Gasteiger partial charge in [0, 0.05) is 19.1 Å². The predicted octanol–water partition coefficient (Wildman–Crippen LogP) is 1.91. The van der Waals surface area contributed by atoms with Gasteiger partial charge in [0.25, 0.3) is 0 Å². The van der Waals surface area contributed by atoms with Gasteiger partial charge in [0.15, 0.2) is 11.5 Å². The summed E-state index contributed by atoms with van der Waals surface area (Å²) >= 11 is 5.86. The van der Waals surface area contributed by atoms with E-state index in [-0.39, 0.29) is 17.7 Å². The first-order chi connectivity index (χ1) is 10.3. The van der Waals surface area contributed by atoms with Gasteiger partial charge in [-0.3, -0.25) is 5.10 Å². The van der Waals surface area contributed by atoms with Crippen LogP contribution in [-0.2, 0) is 4.74 Å². The lowest BCUT2D eigenvalue weighted by Gasteiger charge is -2.17. The number of rotatable bonds is 4. The van der Waals surface area contributed by atoms with Crippen LogP contribution < -0.4 is 5.32 Å². The molecule has 108 valence electrons. The van der Waals surface area contributed by atoms with E-state index in [4.69, 9.17) is 21.6 Å². The fourth-order valence-corrected chi connectivity index (χ4v) is 2.50. The highest BCUT2D eigenvalue weighted by atomic mass is 35.5. The number of aromatic amines is 1. The largest absolute Gasteiger partial charge is 0.370 e. The molecule has 0 unspecified atom stereocenters. The molecule has 2 atom stereocenters. The average Bonchev–Trinajstić information content (AvgIpc) is 3.17. The molecule has 2 aromatic heterocycles. The summed E-state index contributed by atoms with van der Waals surface area (Å²) in [6.45, 7) is 1.36. The predicted molar refractivity (Wildman–Crippen MR) is 75.6 cm³/mol. The summed E-state index contributed by atoms with van der Waals surface area (Å²) in [6.07, 6.45) is 2.31. The molecule has 21 heavy (non-hydrogen) atoms. The molecule has 1 aliphatic heterocycles. The molecule has 2 N–H and O–H groups in total. The minimum Gasteiger partial charge on any atom is -0.370 e. The third-order valence-electron chi connectivity index (χ3n) is 3.41. The number of nitrogens with one attached hydrogen (secondary N) is 2. The Bertz CT molecular complexity index is 653. The summed E-state index contributed by atoms with van der Waals surface area (Å²) < 4.78 is 5.69. The minimum atomic E-state index is -0.0947. The van der Waals surface area contributed by atoms with Crippen molar-refractivity contribution in [2.75, 3.05) is 18.5 Å². The highest BCUT2D eigenvalue weighted by molar-refractivity contribution is 6.31. The van der Waals surface area contributed by atoms with Gasteiger partial charge < -0.3 is 10.1 Å². The van der Waals surface area contributed by atoms with Crippen molar-refractivity contribution < 1.29 is 4.74 Å². The fourth-order valence-electron chi connectivity index (χ4n) is 2.35. The van der Waals surface area contributed by atoms with E-state index in [1.807, 2.05) is 6.07 Å². The summed E-state index contributed by atoms with van der Waals surface area (Å²) in [5, 5.41) is 19.2. The van der Waals surface area contributed by atoms with Crippen molar-refractivity contribution >= 4 is 17.4 Å². The van der Waals surface area contributed by atoms with E-state index in [0.717, 1.165) is 12.2 Å². The van der Waals surface area contributed by atoms with Crippen LogP contribution in [0.4, 0.5) is 5.82 Å². The van der Waals surface area contributed by atoms with Crippen LogP contribution in [0, 0.1) is 17.2 Å². The van der Waals surface area contributed by atoms with E-state index >= 15 is 0 Å². The maximum Gasteiger partial charge on any atom is 0.161 e. The molecule has 3 heterocycles. The highest BCUT2D eigenvalue weighted by Crippen LogP contribution is 2.32. The molecule has 0 saturated carbocycles. The quantitative estimate of drug-likeness (QED) is 0.895. The van der Waals surface area contributed by atoms with E-state index < -0.39 is 0 Å². The van der Waals surface area contributed by atoms with Crippen LogP contribution >= 0.6 is 11.6 Å². The molecule has 0 aliphatic carbocycles. The Balaban J connectivity index is 1.66. The number of H-pyrrole nitrogens is 1. The monoisotopic (exact) mass is 304 g/mol. The molecule has 0 aromatic carbocycles. The van der Waals surface area contributed by atoms with Crippen molar-refractivity contribution in [2.24, 2.45) is 5.92 Å². The lowest BCUT2D eigenvalue weighted by Crippen LogP contribution is -2.19. The van der Waals surface area contributed by atoms with Crippen molar-refractivity contribution in [2.45, 2.75) is 12.5 Å². The van der Waals surface area contributed by atoms with Crippen LogP contribution in [0.2, 0.25) is 5.02 Å². The average molecular weight is 305 g/mol. The van der Waals surface area contributed by atoms with Gasteiger partial charge >= 0.3 is 0 Å². The number of pyridine rings is 1. The molecule has 0 spiro atoms. The normalized spacial score (nSPS) is 21.1. The first-order valence-electron chi connectivity index (χ1n) is 6.55. The summed E-state index contributed by atoms with van der Waals surface area (Å²) in [7, 11) is 0. The zero-order valence-corrected chi connectivity index (χ0v) is 11.8. The van der Waals surface area contributed by atoms with Crippen molar-refractivity contribution in [1.82, 2.24) is 20.2 Å². The summed E-state index contributed by atoms with van der Waals surface area (Å²) in [5.74, 6) is 1.63. The Hall–Kier alpha value is -2.17. The number of hydrogen-bond acceptors (Lipinski definition) is 6. The Morgan fingerprint density at radius 2 is 2.43 bits per heavy atom. The lowest BCUT2D eigenvalue weighted by molar-refractivity contribution is 0.0864. The maximum absolute atomic E-state index is 8.93. The minimum absolute atomic E-state index is 0.0947. The Morgan fingerprint density at radius 1 is 1.52 bits per heavy atom. The number of aromatic nitrogens is 4. The summed E-state index contributed by atoms with van der Waals surface area (Å²) in [4.78, 5) is 8.31. The molecular weight excluding hydrogens is 292 g/mol. The third kappa shape index (κ3) is 2.96. The Labute approximate surface area is 126 Å². The maximum atomic E-state index is 8.93. The number of nitrogens with zero attached hydrogens (tertiary/aromatic N) is 4. The Kier molecular flexibility index (Phi) is 3.99. The van der Waals surface area contributed by atoms with Gasteiger partial charge in [0.1, 0.15) is 24.3 Å². The number of halogens is 1. The van der Waals surface area contributed by atoms with Gasteiger partial charge in [-0.2, -0.15) is 10.4 Å². The Morgan fingerprint density at radius 3 is 3.19 bits per heavy atom. The fraction of sp³-hybridized carbons (Fsp3) is 0.385. The van der Waals surface area contributed by atoms with Gasteiger partial charge in [0.05, 0.1) is 5.02 Å². The number of anilines is 1. The van der Waals surface area contributed by atoms with Crippen LogP contribution in [0.15, 0.2) is 18.5 Å². The standard InChI is InChI=1S/C13H13ClN6O/c14-9-1-2-11(19-10(9)5-15)16-6-8-3-4-21-12(8)13-17-7-18-20-13/h1-2,7-8,12H,3-4,6H2,(H,16,19)(H,17,18,20)/t8-,12-/m0/s1. The van der Waals surface area contributed by atoms with E-state index in [1.165, 1.54) is 6.33 Å². The van der Waals surface area contributed by atoms with Crippen molar-refractivity contribution in [3.8, 4) is 6.07 Å². The van der Waals surface area contributed by atoms with Crippen LogP contribution in [0.1, 0.15) is 24.0 Å². The van der Waals surface area contributed by atoms with Gasteiger partial charge in [-0.15, -0.1) is 0 Å². The van der Waals surface area contributed by atoms with Crippen LogP contribution in [0.5, 0.6) is 0 Å². The highest BCUT2D eigenvalue weighted by Gasteiger charge is 2.31. The zero-order valence-electron chi connectivity index (χ0n) is 11.1. The van der Waals surface area contributed by atoms with E-state index in [9.17, 15) is 0 Å². The molecule has 1 aliphatic rings. The van der Waals surface area contributed by atoms with Crippen molar-refractivity contribution in [3.05, 3.63) is 35.0 Å². The first-order valence-corrected chi connectivity index (χ1v) is 6.93. The second kappa shape index (κ2) is 6.08. The number of ether oxygens (including phenoxy) is 1. The molecule has 3 rings (SSSR count). The number of hydrogen-bond donors (Lipinski definition) is 2. The third-order valence-corrected chi connectivity index (χ3v) is 3.72. The molecule has 7 nitrogen and oxygen atoms in total. The molecule has 1 fully saturated rings. The van der Waals surface area contributed by atoms with Gasteiger partial charge in [0.2, 0.25) is 0 Å². The topological polar surface area (TPSA) is 99.5 Å². The van der Waals surface area contributed by atoms with Crippen LogP contribution in [0.25, 0.3) is 0 Å². The van der Waals surface area contributed by atoms with Crippen molar-refractivity contribution in [1.29, 1.82) is 5.26 Å². The molecule has 2 aromatic rings. The first kappa shape index (κ1) is 13.8. The van der Waals surface area contributed by atoms with Gasteiger partial charge in [-0.05, 0) is 18.6 Å². The van der Waals surface area contributed by atoms with E-state index in [2.05, 4.69) is 25.5 Å². The van der Waals surface area contributed by atoms with Crippen molar-refractivity contribution in [3.63, 3.8) is 0 Å². The molecule has 0 amide bonds. The lowest BCUT2D eigenvalue weighted by atomic mass is 10.0. The van der Waals surface area contributed by atoms with Crippen LogP contribution in [-0.4, -0.2) is 33.3 Å². The molecule has 1 saturated heterocycles. The van der Waals surface area contributed by atoms with E-state index in [1.54, 1.807) is 12.1 Å². The number of nitriles is 1. The van der Waals surface area contributed by atoms with Gasteiger partial charge in [-0.1, -0.05) is 11.6 Å². The second-order valence-electron chi connectivity index (χ2n) is 4.73.